The van der Waals surface area contributed by atoms with Gasteiger partial charge in [-0.3, -0.25) is 4.79 Å². The first-order valence-corrected chi connectivity index (χ1v) is 3.88. The Labute approximate surface area is 76.1 Å². The number of methoxy groups -OCH3 is 1. The van der Waals surface area contributed by atoms with Crippen LogP contribution < -0.4 is 5.32 Å². The molecule has 1 aromatic rings. The minimum Gasteiger partial charge on any atom is -0.446 e. The SMILES string of the molecule is COCc1ocnc1CNC(C)=O. The van der Waals surface area contributed by atoms with Gasteiger partial charge in [0.15, 0.2) is 12.2 Å². The van der Waals surface area contributed by atoms with Crippen molar-refractivity contribution in [2.45, 2.75) is 20.1 Å². The summed E-state index contributed by atoms with van der Waals surface area (Å²) in [5.41, 5.74) is 0.706. The summed E-state index contributed by atoms with van der Waals surface area (Å²) < 4.78 is 9.94. The number of aromatic nitrogens is 1. The van der Waals surface area contributed by atoms with Gasteiger partial charge < -0.3 is 14.5 Å². The maximum atomic E-state index is 10.6. The zero-order valence-corrected chi connectivity index (χ0v) is 7.66. The Morgan fingerprint density at radius 2 is 2.54 bits per heavy atom. The highest BCUT2D eigenvalue weighted by Gasteiger charge is 2.07. The maximum Gasteiger partial charge on any atom is 0.217 e. The van der Waals surface area contributed by atoms with E-state index in [0.29, 0.717) is 24.6 Å². The number of nitrogens with zero attached hydrogens (tertiary/aromatic N) is 1. The lowest BCUT2D eigenvalue weighted by atomic mass is 10.3. The molecule has 5 nitrogen and oxygen atoms in total. The van der Waals surface area contributed by atoms with E-state index in [-0.39, 0.29) is 5.91 Å². The number of hydrogen-bond donors (Lipinski definition) is 1. The van der Waals surface area contributed by atoms with Crippen molar-refractivity contribution in [1.29, 1.82) is 0 Å². The number of carbonyl (C=O) groups excluding carboxylic acids is 1. The predicted octanol–water partition coefficient (Wildman–Crippen LogP) is 0.457. The van der Waals surface area contributed by atoms with Gasteiger partial charge in [-0.15, -0.1) is 0 Å². The highest BCUT2D eigenvalue weighted by atomic mass is 16.5. The number of nitrogens with one attached hydrogen (secondary N) is 1. The van der Waals surface area contributed by atoms with Gasteiger partial charge in [-0.25, -0.2) is 4.98 Å². The Kier molecular flexibility index (Phi) is 3.45. The quantitative estimate of drug-likeness (QED) is 0.738. The normalized spacial score (nSPS) is 10.0. The van der Waals surface area contributed by atoms with Crippen molar-refractivity contribution in [3.63, 3.8) is 0 Å². The minimum atomic E-state index is -0.0913. The number of oxazole rings is 1. The largest absolute Gasteiger partial charge is 0.446 e. The molecule has 1 amide bonds. The van der Waals surface area contributed by atoms with Crippen LogP contribution in [0.3, 0.4) is 0 Å². The summed E-state index contributed by atoms with van der Waals surface area (Å²) in [6, 6.07) is 0. The summed E-state index contributed by atoms with van der Waals surface area (Å²) in [5, 5.41) is 2.63. The second-order valence-electron chi connectivity index (χ2n) is 2.56. The Morgan fingerprint density at radius 1 is 1.77 bits per heavy atom. The molecule has 0 fully saturated rings. The second kappa shape index (κ2) is 4.61. The topological polar surface area (TPSA) is 64.4 Å². The van der Waals surface area contributed by atoms with E-state index in [2.05, 4.69) is 10.3 Å². The van der Waals surface area contributed by atoms with Crippen molar-refractivity contribution in [3.8, 4) is 0 Å². The molecule has 1 N–H and O–H groups in total. The minimum absolute atomic E-state index is 0.0913. The molecule has 0 bridgehead atoms. The van der Waals surface area contributed by atoms with Crippen LogP contribution in [0.15, 0.2) is 10.8 Å². The third-order valence-electron chi connectivity index (χ3n) is 1.51. The molecular formula is C8H12N2O3. The fraction of sp³-hybridized carbons (Fsp3) is 0.500. The average molecular weight is 184 g/mol. The number of rotatable bonds is 4. The van der Waals surface area contributed by atoms with Crippen molar-refractivity contribution < 1.29 is 13.9 Å². The van der Waals surface area contributed by atoms with Gasteiger partial charge in [-0.1, -0.05) is 0 Å². The van der Waals surface area contributed by atoms with Crippen molar-refractivity contribution >= 4 is 5.91 Å². The Morgan fingerprint density at radius 3 is 3.15 bits per heavy atom. The highest BCUT2D eigenvalue weighted by Crippen LogP contribution is 2.07. The predicted molar refractivity (Wildman–Crippen MR) is 44.7 cm³/mol. The molecule has 0 saturated heterocycles. The monoisotopic (exact) mass is 184 g/mol. The molecule has 0 radical (unpaired) electrons. The van der Waals surface area contributed by atoms with Gasteiger partial charge in [0.2, 0.25) is 5.91 Å². The molecule has 5 heteroatoms. The zero-order valence-electron chi connectivity index (χ0n) is 7.66. The molecule has 0 atom stereocenters. The molecule has 0 unspecified atom stereocenters. The van der Waals surface area contributed by atoms with E-state index in [1.165, 1.54) is 13.3 Å². The van der Waals surface area contributed by atoms with Gasteiger partial charge in [0.1, 0.15) is 12.3 Å². The average Bonchev–Trinajstić information content (AvgIpc) is 2.49. The van der Waals surface area contributed by atoms with Gasteiger partial charge in [0.05, 0.1) is 6.54 Å². The molecule has 1 aromatic heterocycles. The number of ether oxygens (including phenoxy) is 1. The van der Waals surface area contributed by atoms with E-state index in [1.807, 2.05) is 0 Å². The summed E-state index contributed by atoms with van der Waals surface area (Å²) in [6.45, 7) is 2.20. The van der Waals surface area contributed by atoms with E-state index >= 15 is 0 Å². The molecule has 0 saturated carbocycles. The summed E-state index contributed by atoms with van der Waals surface area (Å²) in [4.78, 5) is 14.6. The van der Waals surface area contributed by atoms with Crippen LogP contribution in [-0.4, -0.2) is 18.0 Å². The fourth-order valence-corrected chi connectivity index (χ4v) is 0.894. The van der Waals surface area contributed by atoms with E-state index < -0.39 is 0 Å². The zero-order chi connectivity index (χ0) is 9.68. The molecule has 0 aliphatic rings. The van der Waals surface area contributed by atoms with Crippen LogP contribution in [0.25, 0.3) is 0 Å². The Balaban J connectivity index is 2.54. The van der Waals surface area contributed by atoms with E-state index in [9.17, 15) is 4.79 Å². The van der Waals surface area contributed by atoms with Gasteiger partial charge in [-0.05, 0) is 0 Å². The molecule has 13 heavy (non-hydrogen) atoms. The molecule has 72 valence electrons. The second-order valence-corrected chi connectivity index (χ2v) is 2.56. The third kappa shape index (κ3) is 2.87. The van der Waals surface area contributed by atoms with E-state index in [4.69, 9.17) is 9.15 Å². The summed E-state index contributed by atoms with van der Waals surface area (Å²) in [7, 11) is 1.57. The maximum absolute atomic E-state index is 10.6. The lowest BCUT2D eigenvalue weighted by Crippen LogP contribution is -2.19. The third-order valence-corrected chi connectivity index (χ3v) is 1.51. The van der Waals surface area contributed by atoms with Crippen LogP contribution in [-0.2, 0) is 22.7 Å². The number of carbonyl (C=O) groups is 1. The standard InChI is InChI=1S/C8H12N2O3/c1-6(11)9-3-7-8(4-12-2)13-5-10-7/h5H,3-4H2,1-2H3,(H,9,11). The fourth-order valence-electron chi connectivity index (χ4n) is 0.894. The molecule has 0 aromatic carbocycles. The summed E-state index contributed by atoms with van der Waals surface area (Å²) >= 11 is 0. The molecule has 0 spiro atoms. The lowest BCUT2D eigenvalue weighted by Gasteiger charge is -2.00. The van der Waals surface area contributed by atoms with Crippen LogP contribution in [0, 0.1) is 0 Å². The molecule has 1 rings (SSSR count). The smallest absolute Gasteiger partial charge is 0.217 e. The highest BCUT2D eigenvalue weighted by molar-refractivity contribution is 5.72. The van der Waals surface area contributed by atoms with Gasteiger partial charge in [0, 0.05) is 14.0 Å². The van der Waals surface area contributed by atoms with Crippen LogP contribution in [0.2, 0.25) is 0 Å². The van der Waals surface area contributed by atoms with Gasteiger partial charge >= 0.3 is 0 Å². The molecular weight excluding hydrogens is 172 g/mol. The van der Waals surface area contributed by atoms with Gasteiger partial charge in [0.25, 0.3) is 0 Å². The summed E-state index contributed by atoms with van der Waals surface area (Å²) in [5.74, 6) is 0.558. The van der Waals surface area contributed by atoms with Gasteiger partial charge in [-0.2, -0.15) is 0 Å². The molecule has 0 aliphatic carbocycles. The molecule has 0 aliphatic heterocycles. The van der Waals surface area contributed by atoms with E-state index in [1.54, 1.807) is 7.11 Å². The lowest BCUT2D eigenvalue weighted by molar-refractivity contribution is -0.119. The van der Waals surface area contributed by atoms with Crippen molar-refractivity contribution in [3.05, 3.63) is 17.8 Å². The van der Waals surface area contributed by atoms with Crippen LogP contribution >= 0.6 is 0 Å². The first kappa shape index (κ1) is 9.73. The van der Waals surface area contributed by atoms with Crippen molar-refractivity contribution in [2.24, 2.45) is 0 Å². The first-order valence-electron chi connectivity index (χ1n) is 3.88. The van der Waals surface area contributed by atoms with Crippen molar-refractivity contribution in [2.75, 3.05) is 7.11 Å². The molecule has 1 heterocycles. The number of amides is 1. The van der Waals surface area contributed by atoms with Crippen LogP contribution in [0.1, 0.15) is 18.4 Å². The van der Waals surface area contributed by atoms with E-state index in [0.717, 1.165) is 0 Å². The number of hydrogen-bond acceptors (Lipinski definition) is 4. The van der Waals surface area contributed by atoms with Crippen LogP contribution in [0.4, 0.5) is 0 Å². The Bertz CT molecular complexity index is 283. The first-order chi connectivity index (χ1) is 6.24. The van der Waals surface area contributed by atoms with Crippen LogP contribution in [0.5, 0.6) is 0 Å². The summed E-state index contributed by atoms with van der Waals surface area (Å²) in [6.07, 6.45) is 1.34. The Hall–Kier alpha value is -1.36. The van der Waals surface area contributed by atoms with Crippen molar-refractivity contribution in [1.82, 2.24) is 10.3 Å².